The van der Waals surface area contributed by atoms with Crippen molar-refractivity contribution < 1.29 is 19.4 Å². The molecule has 1 saturated carbocycles. The number of piperidine rings is 1. The summed E-state index contributed by atoms with van der Waals surface area (Å²) in [5, 5.41) is 9.01. The molecular weight excluding hydrogens is 272 g/mol. The van der Waals surface area contributed by atoms with E-state index in [-0.39, 0.29) is 12.6 Å². The predicted molar refractivity (Wildman–Crippen MR) is 78.2 cm³/mol. The molecule has 0 spiro atoms. The topological polar surface area (TPSA) is 70.1 Å². The highest BCUT2D eigenvalue weighted by Gasteiger charge is 2.37. The van der Waals surface area contributed by atoms with Crippen LogP contribution in [-0.4, -0.2) is 66.3 Å². The van der Waals surface area contributed by atoms with Crippen molar-refractivity contribution in [3.8, 4) is 0 Å². The van der Waals surface area contributed by atoms with Crippen molar-refractivity contribution in [3.05, 3.63) is 0 Å². The lowest BCUT2D eigenvalue weighted by Crippen LogP contribution is -2.55. The molecule has 2 rings (SSSR count). The summed E-state index contributed by atoms with van der Waals surface area (Å²) < 4.78 is 4.99. The van der Waals surface area contributed by atoms with Crippen molar-refractivity contribution in [2.24, 2.45) is 5.92 Å². The van der Waals surface area contributed by atoms with E-state index in [1.165, 1.54) is 30.6 Å². The van der Waals surface area contributed by atoms with Gasteiger partial charge in [0.15, 0.2) is 0 Å². The third kappa shape index (κ3) is 4.09. The number of carbonyl (C=O) groups excluding carboxylic acids is 1. The molecule has 2 amide bonds. The summed E-state index contributed by atoms with van der Waals surface area (Å²) in [6.07, 6.45) is 6.91. The van der Waals surface area contributed by atoms with Crippen molar-refractivity contribution in [1.29, 1.82) is 0 Å². The molecule has 1 N–H and O–H groups in total. The Kier molecular flexibility index (Phi) is 5.85. The van der Waals surface area contributed by atoms with E-state index in [1.54, 1.807) is 7.11 Å². The van der Waals surface area contributed by atoms with Gasteiger partial charge in [0.05, 0.1) is 6.61 Å². The first kappa shape index (κ1) is 16.1. The lowest BCUT2D eigenvalue weighted by molar-refractivity contribution is -0.138. The van der Waals surface area contributed by atoms with Crippen LogP contribution in [0.4, 0.5) is 4.79 Å². The zero-order valence-corrected chi connectivity index (χ0v) is 12.8. The van der Waals surface area contributed by atoms with Gasteiger partial charge in [-0.3, -0.25) is 4.79 Å². The minimum atomic E-state index is -0.975. The Labute approximate surface area is 126 Å². The molecule has 1 aliphatic heterocycles. The van der Waals surface area contributed by atoms with Gasteiger partial charge < -0.3 is 19.6 Å². The highest BCUT2D eigenvalue weighted by molar-refractivity contribution is 5.80. The lowest BCUT2D eigenvalue weighted by Gasteiger charge is -2.45. The van der Waals surface area contributed by atoms with Crippen molar-refractivity contribution in [2.75, 3.05) is 33.4 Å². The van der Waals surface area contributed by atoms with Gasteiger partial charge in [-0.15, -0.1) is 0 Å². The molecule has 0 aromatic carbocycles. The van der Waals surface area contributed by atoms with Gasteiger partial charge in [0, 0.05) is 26.2 Å². The van der Waals surface area contributed by atoms with Crippen LogP contribution in [-0.2, 0) is 9.53 Å². The average Bonchev–Trinajstić information content (AvgIpc) is 2.50. The molecule has 1 aliphatic carbocycles. The molecule has 0 aromatic heterocycles. The van der Waals surface area contributed by atoms with Gasteiger partial charge in [-0.1, -0.05) is 12.8 Å². The second kappa shape index (κ2) is 7.64. The normalized spacial score (nSPS) is 25.3. The third-order valence-corrected chi connectivity index (χ3v) is 4.65. The van der Waals surface area contributed by atoms with Crippen molar-refractivity contribution in [3.63, 3.8) is 0 Å². The molecule has 2 aliphatic rings. The number of amides is 2. The predicted octanol–water partition coefficient (Wildman–Crippen LogP) is 1.79. The minimum absolute atomic E-state index is 0.133. The number of ether oxygens (including phenoxy) is 1. The van der Waals surface area contributed by atoms with Gasteiger partial charge in [0.25, 0.3) is 0 Å². The van der Waals surface area contributed by atoms with Gasteiger partial charge in [0.2, 0.25) is 0 Å². The number of carboxylic acid groups (broad SMARTS) is 1. The molecule has 1 heterocycles. The molecule has 0 unspecified atom stereocenters. The zero-order chi connectivity index (χ0) is 15.2. The standard InChI is InChI=1S/C15H26N2O4/c1-21-10-9-16(11-14(18)19)15(20)17-8-4-6-12-5-2-3-7-13(12)17/h12-13H,2-11H2,1H3,(H,18,19)/t12-,13-/m1/s1. The molecule has 0 radical (unpaired) electrons. The molecule has 6 heteroatoms. The fourth-order valence-corrected chi connectivity index (χ4v) is 3.65. The summed E-state index contributed by atoms with van der Waals surface area (Å²) in [7, 11) is 1.56. The highest BCUT2D eigenvalue weighted by Crippen LogP contribution is 2.35. The summed E-state index contributed by atoms with van der Waals surface area (Å²) in [6, 6.07) is 0.171. The van der Waals surface area contributed by atoms with Crippen LogP contribution in [0.3, 0.4) is 0 Å². The summed E-state index contributed by atoms with van der Waals surface area (Å²) in [4.78, 5) is 27.0. The first-order valence-electron chi connectivity index (χ1n) is 7.89. The number of hydrogen-bond donors (Lipinski definition) is 1. The van der Waals surface area contributed by atoms with E-state index in [9.17, 15) is 9.59 Å². The monoisotopic (exact) mass is 298 g/mol. The van der Waals surface area contributed by atoms with Gasteiger partial charge in [-0.05, 0) is 31.6 Å². The maximum Gasteiger partial charge on any atom is 0.323 e. The second-order valence-electron chi connectivity index (χ2n) is 6.04. The number of methoxy groups -OCH3 is 1. The molecule has 0 bridgehead atoms. The molecule has 0 aromatic rings. The summed E-state index contributed by atoms with van der Waals surface area (Å²) in [5.41, 5.74) is 0. The van der Waals surface area contributed by atoms with E-state index in [0.717, 1.165) is 19.4 Å². The fourth-order valence-electron chi connectivity index (χ4n) is 3.65. The van der Waals surface area contributed by atoms with Gasteiger partial charge in [-0.2, -0.15) is 0 Å². The van der Waals surface area contributed by atoms with E-state index in [2.05, 4.69) is 0 Å². The molecule has 21 heavy (non-hydrogen) atoms. The van der Waals surface area contributed by atoms with E-state index in [1.807, 2.05) is 4.90 Å². The van der Waals surface area contributed by atoms with Crippen LogP contribution in [0.1, 0.15) is 38.5 Å². The van der Waals surface area contributed by atoms with Crippen molar-refractivity contribution in [2.45, 2.75) is 44.6 Å². The Bertz CT molecular complexity index is 373. The largest absolute Gasteiger partial charge is 0.480 e. The second-order valence-corrected chi connectivity index (χ2v) is 6.04. The maximum atomic E-state index is 12.7. The molecule has 2 fully saturated rings. The average molecular weight is 298 g/mol. The van der Waals surface area contributed by atoms with Crippen molar-refractivity contribution in [1.82, 2.24) is 9.80 Å². The quantitative estimate of drug-likeness (QED) is 0.840. The van der Waals surface area contributed by atoms with Gasteiger partial charge in [0.1, 0.15) is 6.54 Å². The number of fused-ring (bicyclic) bond motifs is 1. The number of rotatable bonds is 5. The number of carbonyl (C=O) groups is 2. The number of urea groups is 1. The Morgan fingerprint density at radius 2 is 1.95 bits per heavy atom. The molecular formula is C15H26N2O4. The SMILES string of the molecule is COCCN(CC(=O)O)C(=O)N1CCC[C@H]2CCCC[C@H]21. The number of carboxylic acids is 1. The van der Waals surface area contributed by atoms with E-state index >= 15 is 0 Å². The summed E-state index contributed by atoms with van der Waals surface area (Å²) >= 11 is 0. The van der Waals surface area contributed by atoms with Crippen molar-refractivity contribution >= 4 is 12.0 Å². The lowest BCUT2D eigenvalue weighted by atomic mass is 9.78. The molecule has 120 valence electrons. The Morgan fingerprint density at radius 1 is 1.24 bits per heavy atom. The number of hydrogen-bond acceptors (Lipinski definition) is 3. The molecule has 6 nitrogen and oxygen atoms in total. The van der Waals surface area contributed by atoms with Crippen LogP contribution < -0.4 is 0 Å². The molecule has 2 atom stereocenters. The Balaban J connectivity index is 2.04. The smallest absolute Gasteiger partial charge is 0.323 e. The van der Waals surface area contributed by atoms with Crippen LogP contribution in [0.2, 0.25) is 0 Å². The van der Waals surface area contributed by atoms with Gasteiger partial charge in [-0.25, -0.2) is 4.79 Å². The van der Waals surface area contributed by atoms with Crippen LogP contribution in [0.15, 0.2) is 0 Å². The summed E-state index contributed by atoms with van der Waals surface area (Å²) in [6.45, 7) is 1.19. The van der Waals surface area contributed by atoms with Crippen LogP contribution in [0.25, 0.3) is 0 Å². The van der Waals surface area contributed by atoms with E-state index in [0.29, 0.717) is 25.1 Å². The van der Waals surface area contributed by atoms with Gasteiger partial charge >= 0.3 is 12.0 Å². The van der Waals surface area contributed by atoms with E-state index in [4.69, 9.17) is 9.84 Å². The van der Waals surface area contributed by atoms with E-state index < -0.39 is 5.97 Å². The maximum absolute atomic E-state index is 12.7. The minimum Gasteiger partial charge on any atom is -0.480 e. The zero-order valence-electron chi connectivity index (χ0n) is 12.8. The van der Waals surface area contributed by atoms with Crippen LogP contribution in [0, 0.1) is 5.92 Å². The highest BCUT2D eigenvalue weighted by atomic mass is 16.5. The third-order valence-electron chi connectivity index (χ3n) is 4.65. The Hall–Kier alpha value is -1.30. The number of nitrogens with zero attached hydrogens (tertiary/aromatic N) is 2. The first-order valence-corrected chi connectivity index (χ1v) is 7.89. The summed E-state index contributed by atoms with van der Waals surface area (Å²) in [5.74, 6) is -0.373. The van der Waals surface area contributed by atoms with Crippen LogP contribution in [0.5, 0.6) is 0 Å². The first-order chi connectivity index (χ1) is 10.1. The molecule has 1 saturated heterocycles. The number of aliphatic carboxylic acids is 1. The fraction of sp³-hybridized carbons (Fsp3) is 0.867. The van der Waals surface area contributed by atoms with Crippen LogP contribution >= 0.6 is 0 Å². The number of likely N-dealkylation sites (tertiary alicyclic amines) is 1. The Morgan fingerprint density at radius 3 is 2.67 bits per heavy atom.